The largest absolute Gasteiger partial charge is 0.352 e. The molecule has 218 valence electrons. The molecular formula is C31H35BrFN3O4S. The van der Waals surface area contributed by atoms with Crippen molar-refractivity contribution in [2.45, 2.75) is 69.5 Å². The summed E-state index contributed by atoms with van der Waals surface area (Å²) in [5.74, 6) is -1.72. The molecule has 1 aliphatic rings. The molecule has 3 aromatic rings. The summed E-state index contributed by atoms with van der Waals surface area (Å²) in [6, 6.07) is 18.1. The highest BCUT2D eigenvalue weighted by molar-refractivity contribution is 9.10. The Kier molecular flexibility index (Phi) is 10.2. The second kappa shape index (κ2) is 13.6. The minimum absolute atomic E-state index is 0.0401. The second-order valence-corrected chi connectivity index (χ2v) is 13.2. The molecule has 1 unspecified atom stereocenters. The molecule has 41 heavy (non-hydrogen) atoms. The molecule has 1 N–H and O–H groups in total. The summed E-state index contributed by atoms with van der Waals surface area (Å²) < 4.78 is 44.3. The maximum Gasteiger partial charge on any atom is 0.264 e. The monoisotopic (exact) mass is 643 g/mol. The summed E-state index contributed by atoms with van der Waals surface area (Å²) >= 11 is 3.44. The zero-order valence-corrected chi connectivity index (χ0v) is 25.6. The Bertz CT molecular complexity index is 1480. The van der Waals surface area contributed by atoms with Gasteiger partial charge in [-0.25, -0.2) is 12.8 Å². The van der Waals surface area contributed by atoms with Crippen LogP contribution in [0.4, 0.5) is 10.1 Å². The molecule has 1 aliphatic carbocycles. The van der Waals surface area contributed by atoms with Crippen LogP contribution in [-0.2, 0) is 26.2 Å². The number of hydrogen-bond donors (Lipinski definition) is 1. The first-order chi connectivity index (χ1) is 19.6. The highest BCUT2D eigenvalue weighted by Gasteiger charge is 2.34. The maximum absolute atomic E-state index is 15.0. The Hall–Kier alpha value is -3.24. The summed E-state index contributed by atoms with van der Waals surface area (Å²) in [7, 11) is -4.33. The molecule has 10 heteroatoms. The van der Waals surface area contributed by atoms with E-state index in [1.807, 2.05) is 31.2 Å². The normalized spacial score (nSPS) is 14.7. The van der Waals surface area contributed by atoms with Gasteiger partial charge in [-0.1, -0.05) is 77.2 Å². The fourth-order valence-corrected chi connectivity index (χ4v) is 6.86. The topological polar surface area (TPSA) is 86.8 Å². The molecule has 0 bridgehead atoms. The molecular weight excluding hydrogens is 609 g/mol. The van der Waals surface area contributed by atoms with Crippen molar-refractivity contribution in [1.82, 2.24) is 10.2 Å². The van der Waals surface area contributed by atoms with Crippen LogP contribution in [-0.4, -0.2) is 43.8 Å². The number of para-hydroxylation sites is 1. The van der Waals surface area contributed by atoms with Gasteiger partial charge in [0, 0.05) is 17.1 Å². The highest BCUT2D eigenvalue weighted by atomic mass is 79.9. The van der Waals surface area contributed by atoms with Gasteiger partial charge in [-0.05, 0) is 68.7 Å². The van der Waals surface area contributed by atoms with E-state index in [-0.39, 0.29) is 29.1 Å². The van der Waals surface area contributed by atoms with Gasteiger partial charge in [-0.15, -0.1) is 0 Å². The average molecular weight is 645 g/mol. The average Bonchev–Trinajstić information content (AvgIpc) is 2.95. The van der Waals surface area contributed by atoms with Crippen LogP contribution in [0.5, 0.6) is 0 Å². The fourth-order valence-electron chi connectivity index (χ4n) is 4.99. The number of anilines is 1. The fraction of sp³-hybridized carbons (Fsp3) is 0.355. The lowest BCUT2D eigenvalue weighted by molar-refractivity contribution is -0.139. The Morgan fingerprint density at radius 3 is 2.34 bits per heavy atom. The smallest absolute Gasteiger partial charge is 0.264 e. The molecule has 1 saturated carbocycles. The van der Waals surface area contributed by atoms with Crippen LogP contribution in [0.3, 0.4) is 0 Å². The Morgan fingerprint density at radius 1 is 1.00 bits per heavy atom. The molecule has 4 rings (SSSR count). The Balaban J connectivity index is 1.68. The molecule has 1 fully saturated rings. The molecule has 2 amide bonds. The highest BCUT2D eigenvalue weighted by Crippen LogP contribution is 2.27. The van der Waals surface area contributed by atoms with Crippen molar-refractivity contribution < 1.29 is 22.4 Å². The first-order valence-electron chi connectivity index (χ1n) is 13.7. The minimum Gasteiger partial charge on any atom is -0.352 e. The Morgan fingerprint density at radius 2 is 1.68 bits per heavy atom. The van der Waals surface area contributed by atoms with E-state index < -0.39 is 34.3 Å². The standard InChI is InChI=1S/C31H35BrFN3O4S/c1-22-15-17-27(18-16-22)41(39,40)36(29-14-7-6-13-28(29)33)21-30(37)35(20-24-9-8-10-25(32)19-24)23(2)31(38)34-26-11-4-3-5-12-26/h6-10,13-19,23,26H,3-5,11-12,20-21H2,1-2H3,(H,34,38). The van der Waals surface area contributed by atoms with Crippen LogP contribution in [0, 0.1) is 12.7 Å². The molecule has 0 saturated heterocycles. The van der Waals surface area contributed by atoms with Crippen LogP contribution < -0.4 is 9.62 Å². The number of nitrogens with one attached hydrogen (secondary N) is 1. The van der Waals surface area contributed by atoms with Crippen LogP contribution in [0.2, 0.25) is 0 Å². The van der Waals surface area contributed by atoms with Crippen LogP contribution >= 0.6 is 15.9 Å². The van der Waals surface area contributed by atoms with Gasteiger partial charge in [-0.2, -0.15) is 0 Å². The van der Waals surface area contributed by atoms with Crippen molar-refractivity contribution in [3.63, 3.8) is 0 Å². The van der Waals surface area contributed by atoms with Gasteiger partial charge >= 0.3 is 0 Å². The number of carbonyl (C=O) groups excluding carboxylic acids is 2. The Labute approximate surface area is 249 Å². The minimum atomic E-state index is -4.33. The van der Waals surface area contributed by atoms with Gasteiger partial charge in [0.2, 0.25) is 11.8 Å². The number of rotatable bonds is 10. The summed E-state index contributed by atoms with van der Waals surface area (Å²) in [5.41, 5.74) is 1.36. The molecule has 3 aromatic carbocycles. The lowest BCUT2D eigenvalue weighted by Crippen LogP contribution is -2.53. The zero-order valence-electron chi connectivity index (χ0n) is 23.2. The second-order valence-electron chi connectivity index (χ2n) is 10.4. The lowest BCUT2D eigenvalue weighted by Gasteiger charge is -2.33. The number of halogens is 2. The van der Waals surface area contributed by atoms with Crippen LogP contribution in [0.1, 0.15) is 50.2 Å². The van der Waals surface area contributed by atoms with E-state index in [1.165, 1.54) is 35.2 Å². The maximum atomic E-state index is 15.0. The molecule has 0 radical (unpaired) electrons. The molecule has 0 aliphatic heterocycles. The first kappa shape index (κ1) is 30.7. The summed E-state index contributed by atoms with van der Waals surface area (Å²) in [4.78, 5) is 28.7. The van der Waals surface area contributed by atoms with E-state index in [0.717, 1.165) is 58.1 Å². The van der Waals surface area contributed by atoms with E-state index in [0.29, 0.717) is 0 Å². The lowest BCUT2D eigenvalue weighted by atomic mass is 9.95. The third kappa shape index (κ3) is 7.74. The molecule has 0 aromatic heterocycles. The molecule has 0 heterocycles. The molecule has 1 atom stereocenters. The van der Waals surface area contributed by atoms with Crippen molar-refractivity contribution >= 4 is 43.5 Å². The molecule has 7 nitrogen and oxygen atoms in total. The van der Waals surface area contributed by atoms with Gasteiger partial charge in [0.25, 0.3) is 10.0 Å². The van der Waals surface area contributed by atoms with Crippen molar-refractivity contribution in [3.05, 3.63) is 94.2 Å². The number of sulfonamides is 1. The van der Waals surface area contributed by atoms with Gasteiger partial charge in [-0.3, -0.25) is 13.9 Å². The van der Waals surface area contributed by atoms with Gasteiger partial charge in [0.1, 0.15) is 18.4 Å². The van der Waals surface area contributed by atoms with Crippen molar-refractivity contribution in [2.24, 2.45) is 0 Å². The number of hydrogen-bond acceptors (Lipinski definition) is 4. The number of carbonyl (C=O) groups is 2. The predicted octanol–water partition coefficient (Wildman–Crippen LogP) is 5.96. The zero-order chi connectivity index (χ0) is 29.6. The summed E-state index contributed by atoms with van der Waals surface area (Å²) in [6.07, 6.45) is 4.97. The first-order valence-corrected chi connectivity index (χ1v) is 16.0. The number of aryl methyl sites for hydroxylation is 1. The van der Waals surface area contributed by atoms with E-state index in [9.17, 15) is 18.0 Å². The van der Waals surface area contributed by atoms with E-state index in [2.05, 4.69) is 21.2 Å². The van der Waals surface area contributed by atoms with E-state index in [4.69, 9.17) is 0 Å². The third-order valence-electron chi connectivity index (χ3n) is 7.37. The number of nitrogens with zero attached hydrogens (tertiary/aromatic N) is 2. The van der Waals surface area contributed by atoms with Crippen molar-refractivity contribution in [2.75, 3.05) is 10.8 Å². The number of amides is 2. The van der Waals surface area contributed by atoms with Crippen molar-refractivity contribution in [3.8, 4) is 0 Å². The van der Waals surface area contributed by atoms with Gasteiger partial charge in [0.15, 0.2) is 0 Å². The third-order valence-corrected chi connectivity index (χ3v) is 9.64. The van der Waals surface area contributed by atoms with E-state index >= 15 is 4.39 Å². The van der Waals surface area contributed by atoms with Gasteiger partial charge < -0.3 is 10.2 Å². The van der Waals surface area contributed by atoms with Crippen molar-refractivity contribution in [1.29, 1.82) is 0 Å². The predicted molar refractivity (Wildman–Crippen MR) is 161 cm³/mol. The van der Waals surface area contributed by atoms with E-state index in [1.54, 1.807) is 19.1 Å². The van der Waals surface area contributed by atoms with Crippen LogP contribution in [0.25, 0.3) is 0 Å². The molecule has 0 spiro atoms. The van der Waals surface area contributed by atoms with Crippen LogP contribution in [0.15, 0.2) is 82.2 Å². The summed E-state index contributed by atoms with van der Waals surface area (Å²) in [6.45, 7) is 2.84. The summed E-state index contributed by atoms with van der Waals surface area (Å²) in [5, 5.41) is 3.07. The van der Waals surface area contributed by atoms with Gasteiger partial charge in [0.05, 0.1) is 10.6 Å². The quantitative estimate of drug-likeness (QED) is 0.295. The number of benzene rings is 3. The SMILES string of the molecule is Cc1ccc(S(=O)(=O)N(CC(=O)N(Cc2cccc(Br)c2)C(C)C(=O)NC2CCCCC2)c2ccccc2F)cc1.